The summed E-state index contributed by atoms with van der Waals surface area (Å²) in [6, 6.07) is 35.6. The summed E-state index contributed by atoms with van der Waals surface area (Å²) in [5.41, 5.74) is 0.889. The first-order valence-electron chi connectivity index (χ1n) is 17.1. The van der Waals surface area contributed by atoms with Crippen LogP contribution in [0, 0.1) is 0 Å². The van der Waals surface area contributed by atoms with Crippen molar-refractivity contribution in [3.8, 4) is 5.75 Å². The van der Waals surface area contributed by atoms with Gasteiger partial charge >= 0.3 is 20.4 Å². The molecule has 4 aromatic rings. The highest BCUT2D eigenvalue weighted by Crippen LogP contribution is 2.37. The van der Waals surface area contributed by atoms with Crippen LogP contribution >= 0.6 is 0 Å². The van der Waals surface area contributed by atoms with Gasteiger partial charge < -0.3 is 29.3 Å². The van der Waals surface area contributed by atoms with Crippen LogP contribution in [-0.4, -0.2) is 57.7 Å². The molecular weight excluding hydrogens is 661 g/mol. The van der Waals surface area contributed by atoms with Crippen LogP contribution in [0.4, 0.5) is 4.79 Å². The Morgan fingerprint density at radius 1 is 0.667 bits per heavy atom. The Morgan fingerprint density at radius 2 is 1.20 bits per heavy atom. The Balaban J connectivity index is 1.57. The van der Waals surface area contributed by atoms with Crippen molar-refractivity contribution >= 4 is 36.7 Å². The van der Waals surface area contributed by atoms with Gasteiger partial charge in [-0.25, -0.2) is 9.59 Å². The van der Waals surface area contributed by atoms with Crippen molar-refractivity contribution in [3.05, 3.63) is 126 Å². The number of alkyl carbamates (subject to hydrolysis) is 1. The maximum atomic E-state index is 13.7. The molecule has 0 saturated carbocycles. The fraction of sp³-hybridized carbons (Fsp3) is 0.341. The summed E-state index contributed by atoms with van der Waals surface area (Å²) < 4.78 is 23.3. The first kappa shape index (κ1) is 38.9. The number of nitrogens with one attached hydrogen (secondary N) is 2. The van der Waals surface area contributed by atoms with Crippen molar-refractivity contribution in [2.45, 2.75) is 77.3 Å². The molecular formula is C41H50N2O7Si. The molecule has 0 spiro atoms. The third-order valence-electron chi connectivity index (χ3n) is 8.26. The zero-order valence-corrected chi connectivity index (χ0v) is 31.6. The fourth-order valence-corrected chi connectivity index (χ4v) is 10.3. The molecule has 2 N–H and O–H groups in total. The van der Waals surface area contributed by atoms with Crippen LogP contribution in [0.25, 0.3) is 0 Å². The van der Waals surface area contributed by atoms with Gasteiger partial charge in [0, 0.05) is 6.42 Å². The standard InChI is InChI=1S/C41H50N2O7Si/c1-40(2,3)49-39(46)43-35(37(44)42-36(38(45)47-7)29-48-28-31-17-11-8-12-18-31)27-30-23-25-32(26-24-30)50-51(41(4,5)6,33-19-13-9-14-20-33)34-21-15-10-16-22-34/h8-26,35-36H,27-29H2,1-7H3,(H,42,44)(H,43,46)/t35-,36-/m0/s1. The Kier molecular flexibility index (Phi) is 13.2. The van der Waals surface area contributed by atoms with Gasteiger partial charge in [0.1, 0.15) is 17.4 Å². The average Bonchev–Trinajstić information content (AvgIpc) is 3.10. The predicted octanol–water partition coefficient (Wildman–Crippen LogP) is 5.94. The lowest BCUT2D eigenvalue weighted by molar-refractivity contribution is -0.147. The number of ether oxygens (including phenoxy) is 3. The summed E-state index contributed by atoms with van der Waals surface area (Å²) in [7, 11) is -1.62. The number of rotatable bonds is 14. The van der Waals surface area contributed by atoms with E-state index in [1.807, 2.05) is 91.0 Å². The summed E-state index contributed by atoms with van der Waals surface area (Å²) in [6.07, 6.45) is -0.646. The highest BCUT2D eigenvalue weighted by Gasteiger charge is 2.52. The molecule has 0 aliphatic rings. The van der Waals surface area contributed by atoms with Gasteiger partial charge in [0.15, 0.2) is 6.04 Å². The molecule has 0 aromatic heterocycles. The van der Waals surface area contributed by atoms with Crippen LogP contribution in [-0.2, 0) is 36.8 Å². The van der Waals surface area contributed by atoms with Crippen molar-refractivity contribution in [2.24, 2.45) is 0 Å². The monoisotopic (exact) mass is 710 g/mol. The quantitative estimate of drug-likeness (QED) is 0.123. The lowest BCUT2D eigenvalue weighted by atomic mass is 10.0. The van der Waals surface area contributed by atoms with E-state index in [2.05, 4.69) is 55.7 Å². The minimum atomic E-state index is -2.86. The number of benzene rings is 4. The third kappa shape index (κ3) is 10.8. The third-order valence-corrected chi connectivity index (χ3v) is 13.2. The minimum absolute atomic E-state index is 0.114. The molecule has 2 amide bonds. The Bertz CT molecular complexity index is 1670. The molecule has 0 saturated heterocycles. The van der Waals surface area contributed by atoms with Crippen LogP contribution < -0.4 is 25.4 Å². The Hall–Kier alpha value is -4.93. The maximum Gasteiger partial charge on any atom is 0.408 e. The van der Waals surface area contributed by atoms with Crippen molar-refractivity contribution < 1.29 is 33.0 Å². The largest absolute Gasteiger partial charge is 0.534 e. The van der Waals surface area contributed by atoms with Gasteiger partial charge in [-0.1, -0.05) is 124 Å². The molecule has 0 fully saturated rings. The normalized spacial score (nSPS) is 13.0. The Morgan fingerprint density at radius 3 is 1.69 bits per heavy atom. The van der Waals surface area contributed by atoms with Crippen LogP contribution in [0.15, 0.2) is 115 Å². The van der Waals surface area contributed by atoms with E-state index >= 15 is 0 Å². The number of hydrogen-bond acceptors (Lipinski definition) is 7. The lowest BCUT2D eigenvalue weighted by Gasteiger charge is -2.43. The van der Waals surface area contributed by atoms with Crippen molar-refractivity contribution in [3.63, 3.8) is 0 Å². The van der Waals surface area contributed by atoms with Crippen molar-refractivity contribution in [1.82, 2.24) is 10.6 Å². The molecule has 4 aromatic carbocycles. The van der Waals surface area contributed by atoms with E-state index in [4.69, 9.17) is 18.6 Å². The number of methoxy groups -OCH3 is 1. The zero-order valence-electron chi connectivity index (χ0n) is 30.6. The van der Waals surface area contributed by atoms with Gasteiger partial charge in [0.2, 0.25) is 5.91 Å². The molecule has 270 valence electrons. The van der Waals surface area contributed by atoms with Crippen LogP contribution in [0.1, 0.15) is 52.7 Å². The smallest absolute Gasteiger partial charge is 0.408 e. The molecule has 0 heterocycles. The minimum Gasteiger partial charge on any atom is -0.534 e. The second kappa shape index (κ2) is 17.3. The van der Waals surface area contributed by atoms with Gasteiger partial charge in [-0.15, -0.1) is 0 Å². The van der Waals surface area contributed by atoms with E-state index in [9.17, 15) is 14.4 Å². The van der Waals surface area contributed by atoms with Gasteiger partial charge in [0.25, 0.3) is 0 Å². The summed E-state index contributed by atoms with van der Waals surface area (Å²) in [5.74, 6) is -0.569. The van der Waals surface area contributed by atoms with Gasteiger partial charge in [-0.2, -0.15) is 0 Å². The SMILES string of the molecule is COC(=O)[C@H](COCc1ccccc1)NC(=O)[C@H](Cc1ccc(O[Si](c2ccccc2)(c2ccccc2)C(C)(C)C)cc1)NC(=O)OC(C)(C)C. The molecule has 0 unspecified atom stereocenters. The van der Waals surface area contributed by atoms with Crippen molar-refractivity contribution in [2.75, 3.05) is 13.7 Å². The van der Waals surface area contributed by atoms with Crippen molar-refractivity contribution in [1.29, 1.82) is 0 Å². The molecule has 9 nitrogen and oxygen atoms in total. The van der Waals surface area contributed by atoms with E-state index in [-0.39, 0.29) is 24.7 Å². The average molecular weight is 711 g/mol. The number of carbonyl (C=O) groups is 3. The lowest BCUT2D eigenvalue weighted by Crippen LogP contribution is -2.68. The summed E-state index contributed by atoms with van der Waals surface area (Å²) >= 11 is 0. The van der Waals surface area contributed by atoms with Crippen LogP contribution in [0.3, 0.4) is 0 Å². The van der Waals surface area contributed by atoms with Gasteiger partial charge in [-0.05, 0) is 59.4 Å². The summed E-state index contributed by atoms with van der Waals surface area (Å²) in [4.78, 5) is 39.3. The first-order chi connectivity index (χ1) is 24.2. The van der Waals surface area contributed by atoms with Crippen LogP contribution in [0.5, 0.6) is 5.75 Å². The molecule has 0 aliphatic heterocycles. The fourth-order valence-electron chi connectivity index (χ4n) is 5.87. The zero-order chi connectivity index (χ0) is 37.1. The number of esters is 1. The predicted molar refractivity (Wildman–Crippen MR) is 202 cm³/mol. The molecule has 0 bridgehead atoms. The maximum absolute atomic E-state index is 13.7. The highest BCUT2D eigenvalue weighted by atomic mass is 28.4. The van der Waals surface area contributed by atoms with Crippen LogP contribution in [0.2, 0.25) is 5.04 Å². The number of carbonyl (C=O) groups excluding carboxylic acids is 3. The highest BCUT2D eigenvalue weighted by molar-refractivity contribution is 7.00. The van der Waals surface area contributed by atoms with E-state index < -0.39 is 44.0 Å². The van der Waals surface area contributed by atoms with E-state index in [0.29, 0.717) is 5.75 Å². The second-order valence-electron chi connectivity index (χ2n) is 14.4. The topological polar surface area (TPSA) is 112 Å². The molecule has 2 atom stereocenters. The van der Waals surface area contributed by atoms with Gasteiger partial charge in [0.05, 0.1) is 20.3 Å². The molecule has 0 radical (unpaired) electrons. The molecule has 51 heavy (non-hydrogen) atoms. The molecule has 4 rings (SSSR count). The number of hydrogen-bond donors (Lipinski definition) is 2. The van der Waals surface area contributed by atoms with E-state index in [1.54, 1.807) is 20.8 Å². The second-order valence-corrected chi connectivity index (χ2v) is 18.6. The summed E-state index contributed by atoms with van der Waals surface area (Å²) in [6.45, 7) is 12.0. The summed E-state index contributed by atoms with van der Waals surface area (Å²) in [5, 5.41) is 7.48. The first-order valence-corrected chi connectivity index (χ1v) is 19.0. The number of amides is 2. The molecule has 10 heteroatoms. The van der Waals surface area contributed by atoms with E-state index in [0.717, 1.165) is 21.5 Å². The Labute approximate surface area is 302 Å². The van der Waals surface area contributed by atoms with E-state index in [1.165, 1.54) is 7.11 Å². The molecule has 0 aliphatic carbocycles. The van der Waals surface area contributed by atoms with Gasteiger partial charge in [-0.3, -0.25) is 4.79 Å².